The number of rotatable bonds is 4. The summed E-state index contributed by atoms with van der Waals surface area (Å²) >= 11 is 0. The number of nitrogens with zero attached hydrogens (tertiary/aromatic N) is 2. The molecule has 0 spiro atoms. The summed E-state index contributed by atoms with van der Waals surface area (Å²) in [6, 6.07) is 0.383. The summed E-state index contributed by atoms with van der Waals surface area (Å²) in [6.45, 7) is 4.04. The van der Waals surface area contributed by atoms with Crippen molar-refractivity contribution in [1.82, 2.24) is 9.80 Å². The molecule has 0 aromatic rings. The van der Waals surface area contributed by atoms with E-state index in [1.54, 1.807) is 6.92 Å². The van der Waals surface area contributed by atoms with E-state index in [2.05, 4.69) is 0 Å². The Labute approximate surface area is 109 Å². The van der Waals surface area contributed by atoms with Crippen molar-refractivity contribution in [3.8, 4) is 0 Å². The molecule has 0 unspecified atom stereocenters. The molecule has 0 aromatic heterocycles. The number of carbonyl (C=O) groups excluding carboxylic acids is 2. The molecule has 1 saturated carbocycles. The van der Waals surface area contributed by atoms with Crippen LogP contribution in [0, 0.1) is 0 Å². The Morgan fingerprint density at radius 2 is 1.72 bits per heavy atom. The zero-order valence-electron chi connectivity index (χ0n) is 11.4. The van der Waals surface area contributed by atoms with Gasteiger partial charge in [-0.3, -0.25) is 9.59 Å². The molecule has 1 heterocycles. The molecule has 0 atom stereocenters. The molecule has 102 valence electrons. The molecule has 0 aromatic carbocycles. The van der Waals surface area contributed by atoms with E-state index in [4.69, 9.17) is 0 Å². The second kappa shape index (κ2) is 6.21. The smallest absolute Gasteiger partial charge is 0.224 e. The van der Waals surface area contributed by atoms with Gasteiger partial charge in [-0.1, -0.05) is 12.8 Å². The van der Waals surface area contributed by atoms with E-state index in [1.807, 2.05) is 9.80 Å². The van der Waals surface area contributed by atoms with E-state index in [-0.39, 0.29) is 11.8 Å². The van der Waals surface area contributed by atoms with Gasteiger partial charge in [-0.15, -0.1) is 0 Å². The van der Waals surface area contributed by atoms with Gasteiger partial charge >= 0.3 is 0 Å². The van der Waals surface area contributed by atoms with Gasteiger partial charge in [0.05, 0.1) is 0 Å². The summed E-state index contributed by atoms with van der Waals surface area (Å²) in [5.74, 6) is 0.341. The molecule has 0 radical (unpaired) electrons. The van der Waals surface area contributed by atoms with Crippen molar-refractivity contribution in [2.75, 3.05) is 19.6 Å². The van der Waals surface area contributed by atoms with E-state index in [0.29, 0.717) is 19.0 Å². The second-order valence-corrected chi connectivity index (χ2v) is 5.49. The summed E-state index contributed by atoms with van der Waals surface area (Å²) in [7, 11) is 0. The highest BCUT2D eigenvalue weighted by atomic mass is 16.2. The predicted octanol–water partition coefficient (Wildman–Crippen LogP) is 1.79. The molecule has 1 saturated heterocycles. The Bertz CT molecular complexity index is 305. The van der Waals surface area contributed by atoms with Crippen LogP contribution in [-0.2, 0) is 9.59 Å². The monoisotopic (exact) mass is 252 g/mol. The fourth-order valence-corrected chi connectivity index (χ4v) is 3.15. The fourth-order valence-electron chi connectivity index (χ4n) is 3.15. The normalized spacial score (nSPS) is 20.4. The van der Waals surface area contributed by atoms with Crippen molar-refractivity contribution in [2.45, 2.75) is 57.9 Å². The van der Waals surface area contributed by atoms with Gasteiger partial charge in [0, 0.05) is 39.0 Å². The van der Waals surface area contributed by atoms with Crippen LogP contribution in [0.3, 0.4) is 0 Å². The van der Waals surface area contributed by atoms with Crippen molar-refractivity contribution in [3.05, 3.63) is 0 Å². The average Bonchev–Trinajstić information content (AvgIpc) is 3.01. The molecule has 1 aliphatic heterocycles. The Morgan fingerprint density at radius 3 is 2.28 bits per heavy atom. The molecule has 2 rings (SSSR count). The van der Waals surface area contributed by atoms with Crippen molar-refractivity contribution < 1.29 is 9.59 Å². The molecular weight excluding hydrogens is 228 g/mol. The number of likely N-dealkylation sites (tertiary alicyclic amines) is 1. The van der Waals surface area contributed by atoms with Crippen LogP contribution < -0.4 is 0 Å². The standard InChI is InChI=1S/C14H24N2O2/c1-12(17)16(13-6-2-3-7-13)11-8-14(18)15-9-4-5-10-15/h13H,2-11H2,1H3. The van der Waals surface area contributed by atoms with Crippen LogP contribution in [0.2, 0.25) is 0 Å². The van der Waals surface area contributed by atoms with Gasteiger partial charge in [0.25, 0.3) is 0 Å². The second-order valence-electron chi connectivity index (χ2n) is 5.49. The first kappa shape index (κ1) is 13.4. The largest absolute Gasteiger partial charge is 0.343 e. The number of hydrogen-bond acceptors (Lipinski definition) is 2. The first-order valence-electron chi connectivity index (χ1n) is 7.23. The summed E-state index contributed by atoms with van der Waals surface area (Å²) in [6.07, 6.45) is 7.41. The lowest BCUT2D eigenvalue weighted by atomic mass is 10.2. The van der Waals surface area contributed by atoms with E-state index >= 15 is 0 Å². The molecule has 0 bridgehead atoms. The molecule has 18 heavy (non-hydrogen) atoms. The van der Waals surface area contributed by atoms with Gasteiger partial charge in [0.2, 0.25) is 11.8 Å². The van der Waals surface area contributed by atoms with Gasteiger partial charge in [-0.25, -0.2) is 0 Å². The third-order valence-corrected chi connectivity index (χ3v) is 4.20. The van der Waals surface area contributed by atoms with Crippen LogP contribution >= 0.6 is 0 Å². The zero-order chi connectivity index (χ0) is 13.0. The van der Waals surface area contributed by atoms with E-state index in [0.717, 1.165) is 38.8 Å². The van der Waals surface area contributed by atoms with Crippen LogP contribution in [0.25, 0.3) is 0 Å². The van der Waals surface area contributed by atoms with Gasteiger partial charge < -0.3 is 9.80 Å². The summed E-state index contributed by atoms with van der Waals surface area (Å²) < 4.78 is 0. The maximum Gasteiger partial charge on any atom is 0.224 e. The Balaban J connectivity index is 1.81. The highest BCUT2D eigenvalue weighted by Crippen LogP contribution is 2.24. The van der Waals surface area contributed by atoms with Gasteiger partial charge in [0.1, 0.15) is 0 Å². The quantitative estimate of drug-likeness (QED) is 0.765. The molecular formula is C14H24N2O2. The minimum absolute atomic E-state index is 0.121. The van der Waals surface area contributed by atoms with Crippen LogP contribution in [0.4, 0.5) is 0 Å². The number of carbonyl (C=O) groups is 2. The summed E-state index contributed by atoms with van der Waals surface area (Å²) in [5.41, 5.74) is 0. The SMILES string of the molecule is CC(=O)N(CCC(=O)N1CCCC1)C1CCCC1. The molecule has 2 amide bonds. The molecule has 2 aliphatic rings. The van der Waals surface area contributed by atoms with Crippen molar-refractivity contribution in [1.29, 1.82) is 0 Å². The lowest BCUT2D eigenvalue weighted by molar-refractivity contribution is -0.134. The highest BCUT2D eigenvalue weighted by molar-refractivity contribution is 5.78. The first-order valence-corrected chi connectivity index (χ1v) is 7.23. The predicted molar refractivity (Wildman–Crippen MR) is 70.1 cm³/mol. The van der Waals surface area contributed by atoms with Crippen molar-refractivity contribution in [2.24, 2.45) is 0 Å². The lowest BCUT2D eigenvalue weighted by Crippen LogP contribution is -2.40. The van der Waals surface area contributed by atoms with Gasteiger partial charge in [-0.2, -0.15) is 0 Å². The first-order chi connectivity index (χ1) is 8.68. The molecule has 2 fully saturated rings. The van der Waals surface area contributed by atoms with Crippen molar-refractivity contribution >= 4 is 11.8 Å². The lowest BCUT2D eigenvalue weighted by Gasteiger charge is -2.28. The van der Waals surface area contributed by atoms with Crippen LogP contribution in [0.15, 0.2) is 0 Å². The van der Waals surface area contributed by atoms with Gasteiger partial charge in [0.15, 0.2) is 0 Å². The van der Waals surface area contributed by atoms with Gasteiger partial charge in [-0.05, 0) is 25.7 Å². The summed E-state index contributed by atoms with van der Waals surface area (Å²) in [5, 5.41) is 0. The topological polar surface area (TPSA) is 40.6 Å². The van der Waals surface area contributed by atoms with Crippen molar-refractivity contribution in [3.63, 3.8) is 0 Å². The minimum Gasteiger partial charge on any atom is -0.343 e. The van der Waals surface area contributed by atoms with E-state index in [9.17, 15) is 9.59 Å². The summed E-state index contributed by atoms with van der Waals surface area (Å²) in [4.78, 5) is 27.5. The molecule has 4 nitrogen and oxygen atoms in total. The Morgan fingerprint density at radius 1 is 1.11 bits per heavy atom. The maximum absolute atomic E-state index is 12.0. The molecule has 1 aliphatic carbocycles. The van der Waals surface area contributed by atoms with E-state index in [1.165, 1.54) is 12.8 Å². The van der Waals surface area contributed by atoms with E-state index < -0.39 is 0 Å². The van der Waals surface area contributed by atoms with Crippen LogP contribution in [0.1, 0.15) is 51.9 Å². The maximum atomic E-state index is 12.0. The van der Waals surface area contributed by atoms with Crippen LogP contribution in [-0.4, -0.2) is 47.3 Å². The molecule has 0 N–H and O–H groups in total. The number of amides is 2. The Hall–Kier alpha value is -1.06. The Kier molecular flexibility index (Phi) is 4.61. The third-order valence-electron chi connectivity index (χ3n) is 4.20. The minimum atomic E-state index is 0.121. The fraction of sp³-hybridized carbons (Fsp3) is 0.857. The number of hydrogen-bond donors (Lipinski definition) is 0. The van der Waals surface area contributed by atoms with Crippen LogP contribution in [0.5, 0.6) is 0 Å². The third kappa shape index (κ3) is 3.24. The molecule has 4 heteroatoms. The average molecular weight is 252 g/mol. The highest BCUT2D eigenvalue weighted by Gasteiger charge is 2.26. The zero-order valence-corrected chi connectivity index (χ0v) is 11.4.